The van der Waals surface area contributed by atoms with Crippen molar-refractivity contribution >= 4 is 40.5 Å². The molecule has 0 bridgehead atoms. The summed E-state index contributed by atoms with van der Waals surface area (Å²) in [6, 6.07) is 11.8. The van der Waals surface area contributed by atoms with E-state index in [0.29, 0.717) is 5.11 Å². The largest absolute Gasteiger partial charge is 0.441 e. The number of alkyl halides is 3. The van der Waals surface area contributed by atoms with Gasteiger partial charge in [0.1, 0.15) is 12.2 Å². The van der Waals surface area contributed by atoms with E-state index in [2.05, 4.69) is 16.0 Å². The van der Waals surface area contributed by atoms with Crippen molar-refractivity contribution in [1.82, 2.24) is 5.32 Å². The molecule has 2 aliphatic heterocycles. The molecule has 188 valence electrons. The smallest absolute Gasteiger partial charge is 0.416 e. The standard InChI is InChI=1S/C23H25F3N4O4S/c1-30(2)16-8-6-14(7-9-16)27-21(35)29-17-11-32-20-18(12-33-19(17)20)34-22(31)28-15-5-3-4-13(10-15)23(24,25)26/h3-10,17-20H,11-12H2,1-2H3,(H,28,31)(H2,27,29,35)/t17-,18-,19-,20+/m1/s1. The number of hydrogen-bond donors (Lipinski definition) is 3. The minimum atomic E-state index is -4.51. The summed E-state index contributed by atoms with van der Waals surface area (Å²) >= 11 is 5.41. The Morgan fingerprint density at radius 1 is 1.03 bits per heavy atom. The molecule has 0 aromatic heterocycles. The van der Waals surface area contributed by atoms with Gasteiger partial charge in [-0.2, -0.15) is 13.2 Å². The SMILES string of the molecule is CN(C)c1ccc(NC(=S)N[C@@H]2CO[C@@H]3[C@@H]2OC[C@H]3OC(=O)Nc2cccc(C(F)(F)F)c2)cc1. The Hall–Kier alpha value is -3.09. The molecule has 12 heteroatoms. The third kappa shape index (κ3) is 6.13. The van der Waals surface area contributed by atoms with Gasteiger partial charge in [0.2, 0.25) is 0 Å². The summed E-state index contributed by atoms with van der Waals surface area (Å²) in [6.45, 7) is 0.377. The molecule has 8 nitrogen and oxygen atoms in total. The van der Waals surface area contributed by atoms with E-state index in [0.717, 1.165) is 23.5 Å². The van der Waals surface area contributed by atoms with Crippen LogP contribution >= 0.6 is 12.2 Å². The highest BCUT2D eigenvalue weighted by Gasteiger charge is 2.49. The van der Waals surface area contributed by atoms with E-state index in [1.165, 1.54) is 12.1 Å². The van der Waals surface area contributed by atoms with Gasteiger partial charge >= 0.3 is 12.3 Å². The Morgan fingerprint density at radius 3 is 2.43 bits per heavy atom. The van der Waals surface area contributed by atoms with Crippen molar-refractivity contribution in [3.05, 3.63) is 54.1 Å². The van der Waals surface area contributed by atoms with E-state index >= 15 is 0 Å². The van der Waals surface area contributed by atoms with Crippen LogP contribution in [0.4, 0.5) is 35.0 Å². The Balaban J connectivity index is 1.27. The molecule has 35 heavy (non-hydrogen) atoms. The summed E-state index contributed by atoms with van der Waals surface area (Å²) in [5, 5.41) is 9.00. The van der Waals surface area contributed by atoms with Gasteiger partial charge in [0.15, 0.2) is 11.2 Å². The van der Waals surface area contributed by atoms with Crippen LogP contribution in [0.25, 0.3) is 0 Å². The van der Waals surface area contributed by atoms with E-state index in [9.17, 15) is 18.0 Å². The van der Waals surface area contributed by atoms with Gasteiger partial charge in [-0.3, -0.25) is 5.32 Å². The van der Waals surface area contributed by atoms with Crippen molar-refractivity contribution in [3.8, 4) is 0 Å². The van der Waals surface area contributed by atoms with Crippen LogP contribution in [0.1, 0.15) is 5.56 Å². The molecule has 2 heterocycles. The van der Waals surface area contributed by atoms with E-state index in [4.69, 9.17) is 26.4 Å². The minimum absolute atomic E-state index is 0.0257. The molecule has 0 radical (unpaired) electrons. The Kier molecular flexibility index (Phi) is 7.33. The fourth-order valence-corrected chi connectivity index (χ4v) is 4.19. The third-order valence-corrected chi connectivity index (χ3v) is 5.88. The summed E-state index contributed by atoms with van der Waals surface area (Å²) in [5.41, 5.74) is 0.986. The van der Waals surface area contributed by atoms with Crippen LogP contribution in [0, 0.1) is 0 Å². The first-order chi connectivity index (χ1) is 16.6. The molecule has 2 aromatic carbocycles. The van der Waals surface area contributed by atoms with Gasteiger partial charge in [-0.15, -0.1) is 0 Å². The molecular weight excluding hydrogens is 485 g/mol. The lowest BCUT2D eigenvalue weighted by Gasteiger charge is -2.20. The molecule has 0 spiro atoms. The number of carbonyl (C=O) groups excluding carboxylic acids is 1. The second-order valence-corrected chi connectivity index (χ2v) is 8.80. The maximum atomic E-state index is 12.9. The van der Waals surface area contributed by atoms with Gasteiger partial charge in [-0.25, -0.2) is 4.79 Å². The third-order valence-electron chi connectivity index (χ3n) is 5.66. The van der Waals surface area contributed by atoms with Crippen LogP contribution in [-0.2, 0) is 20.4 Å². The quantitative estimate of drug-likeness (QED) is 0.524. The molecule has 4 atom stereocenters. The predicted molar refractivity (Wildman–Crippen MR) is 129 cm³/mol. The topological polar surface area (TPSA) is 84.1 Å². The first-order valence-electron chi connectivity index (χ1n) is 10.8. The van der Waals surface area contributed by atoms with Crippen LogP contribution in [0.3, 0.4) is 0 Å². The van der Waals surface area contributed by atoms with Crippen molar-refractivity contribution in [2.24, 2.45) is 0 Å². The number of hydrogen-bond acceptors (Lipinski definition) is 6. The van der Waals surface area contributed by atoms with Gasteiger partial charge in [0, 0.05) is 31.2 Å². The fourth-order valence-electron chi connectivity index (χ4n) is 3.93. The van der Waals surface area contributed by atoms with Gasteiger partial charge in [0.05, 0.1) is 24.8 Å². The fraction of sp³-hybridized carbons (Fsp3) is 0.391. The number of carbonyl (C=O) groups is 1. The van der Waals surface area contributed by atoms with Gasteiger partial charge in [-0.1, -0.05) is 6.07 Å². The highest BCUT2D eigenvalue weighted by atomic mass is 32.1. The summed E-state index contributed by atoms with van der Waals surface area (Å²) in [6.07, 6.45) is -7.05. The zero-order valence-electron chi connectivity index (χ0n) is 19.0. The normalized spacial score (nSPS) is 23.3. The first kappa shape index (κ1) is 25.0. The number of nitrogens with one attached hydrogen (secondary N) is 3. The predicted octanol–water partition coefficient (Wildman–Crippen LogP) is 3.84. The summed E-state index contributed by atoms with van der Waals surface area (Å²) in [4.78, 5) is 14.3. The highest BCUT2D eigenvalue weighted by Crippen LogP contribution is 2.32. The summed E-state index contributed by atoms with van der Waals surface area (Å²) in [5.74, 6) is 0. The zero-order valence-corrected chi connectivity index (χ0v) is 19.8. The van der Waals surface area contributed by atoms with E-state index < -0.39 is 36.1 Å². The van der Waals surface area contributed by atoms with Crippen molar-refractivity contribution in [2.75, 3.05) is 42.8 Å². The summed E-state index contributed by atoms with van der Waals surface area (Å²) in [7, 11) is 3.91. The van der Waals surface area contributed by atoms with Crippen LogP contribution in [0.2, 0.25) is 0 Å². The molecular formula is C23H25F3N4O4S. The number of benzene rings is 2. The number of amides is 1. The lowest BCUT2D eigenvalue weighted by atomic mass is 10.1. The second-order valence-electron chi connectivity index (χ2n) is 8.39. The molecule has 2 saturated heterocycles. The Bertz CT molecular complexity index is 1070. The lowest BCUT2D eigenvalue weighted by molar-refractivity contribution is -0.137. The molecule has 1 amide bonds. The number of rotatable bonds is 5. The van der Waals surface area contributed by atoms with Crippen molar-refractivity contribution in [2.45, 2.75) is 30.5 Å². The molecule has 0 aliphatic carbocycles. The van der Waals surface area contributed by atoms with Crippen LogP contribution < -0.4 is 20.9 Å². The maximum Gasteiger partial charge on any atom is 0.416 e. The van der Waals surface area contributed by atoms with E-state index in [-0.39, 0.29) is 24.9 Å². The number of anilines is 3. The Morgan fingerprint density at radius 2 is 1.74 bits per heavy atom. The van der Waals surface area contributed by atoms with Crippen molar-refractivity contribution in [1.29, 1.82) is 0 Å². The van der Waals surface area contributed by atoms with Crippen LogP contribution in [0.5, 0.6) is 0 Å². The van der Waals surface area contributed by atoms with Gasteiger partial charge in [-0.05, 0) is 54.7 Å². The minimum Gasteiger partial charge on any atom is -0.441 e. The molecule has 0 unspecified atom stereocenters. The van der Waals surface area contributed by atoms with Crippen molar-refractivity contribution in [3.63, 3.8) is 0 Å². The zero-order chi connectivity index (χ0) is 25.2. The molecule has 4 rings (SSSR count). The number of halogens is 3. The number of nitrogens with zero attached hydrogens (tertiary/aromatic N) is 1. The lowest BCUT2D eigenvalue weighted by Crippen LogP contribution is -2.46. The molecule has 3 N–H and O–H groups in total. The average molecular weight is 511 g/mol. The van der Waals surface area contributed by atoms with E-state index in [1.54, 1.807) is 0 Å². The molecule has 2 fully saturated rings. The number of fused-ring (bicyclic) bond motifs is 1. The Labute approximate surface area is 205 Å². The first-order valence-corrected chi connectivity index (χ1v) is 11.2. The monoisotopic (exact) mass is 510 g/mol. The number of thiocarbonyl (C=S) groups is 1. The summed E-state index contributed by atoms with van der Waals surface area (Å²) < 4.78 is 55.6. The number of ether oxygens (including phenoxy) is 3. The van der Waals surface area contributed by atoms with E-state index in [1.807, 2.05) is 43.3 Å². The molecule has 2 aromatic rings. The molecule has 2 aliphatic rings. The van der Waals surface area contributed by atoms with Crippen LogP contribution in [0.15, 0.2) is 48.5 Å². The second kappa shape index (κ2) is 10.3. The molecule has 0 saturated carbocycles. The van der Waals surface area contributed by atoms with Crippen molar-refractivity contribution < 1.29 is 32.2 Å². The van der Waals surface area contributed by atoms with Gasteiger partial charge in [0.25, 0.3) is 0 Å². The van der Waals surface area contributed by atoms with Gasteiger partial charge < -0.3 is 29.7 Å². The highest BCUT2D eigenvalue weighted by molar-refractivity contribution is 7.80. The van der Waals surface area contributed by atoms with Crippen LogP contribution in [-0.4, -0.2) is 62.9 Å². The average Bonchev–Trinajstić information content (AvgIpc) is 3.37. The maximum absolute atomic E-state index is 12.9.